The van der Waals surface area contributed by atoms with E-state index in [9.17, 15) is 5.11 Å². The highest BCUT2D eigenvalue weighted by atomic mass is 16.5. The molecule has 2 aromatic rings. The fraction of sp³-hybridized carbons (Fsp3) is 0.333. The Morgan fingerprint density at radius 3 is 2.29 bits per heavy atom. The molecule has 1 unspecified atom stereocenters. The molecule has 0 spiro atoms. The summed E-state index contributed by atoms with van der Waals surface area (Å²) < 4.78 is 10.8. The molecule has 1 N–H and O–H groups in total. The molecule has 21 heavy (non-hydrogen) atoms. The van der Waals surface area contributed by atoms with Crippen molar-refractivity contribution in [1.29, 1.82) is 0 Å². The molecule has 0 amide bonds. The van der Waals surface area contributed by atoms with Gasteiger partial charge in [0.15, 0.2) is 0 Å². The van der Waals surface area contributed by atoms with Crippen LogP contribution in [0.2, 0.25) is 0 Å². The van der Waals surface area contributed by atoms with Crippen LogP contribution in [0.4, 0.5) is 0 Å². The molecule has 3 nitrogen and oxygen atoms in total. The smallest absolute Gasteiger partial charge is 0.118 e. The molecule has 0 saturated heterocycles. The van der Waals surface area contributed by atoms with Crippen LogP contribution in [0.25, 0.3) is 0 Å². The molecule has 0 fully saturated rings. The van der Waals surface area contributed by atoms with Gasteiger partial charge in [0, 0.05) is 12.5 Å². The summed E-state index contributed by atoms with van der Waals surface area (Å²) in [5.41, 5.74) is 2.33. The summed E-state index contributed by atoms with van der Waals surface area (Å²) in [6.45, 7) is 1.24. The van der Waals surface area contributed by atoms with Gasteiger partial charge in [-0.3, -0.25) is 0 Å². The summed E-state index contributed by atoms with van der Waals surface area (Å²) in [5, 5.41) is 9.46. The summed E-state index contributed by atoms with van der Waals surface area (Å²) in [5.74, 6) is 0.974. The quantitative estimate of drug-likeness (QED) is 0.810. The minimum absolute atomic E-state index is 0.130. The number of aliphatic hydroxyl groups excluding tert-OH is 1. The van der Waals surface area contributed by atoms with Gasteiger partial charge in [-0.2, -0.15) is 0 Å². The van der Waals surface area contributed by atoms with E-state index in [4.69, 9.17) is 9.47 Å². The molecule has 0 aromatic heterocycles. The zero-order chi connectivity index (χ0) is 14.9. The van der Waals surface area contributed by atoms with Gasteiger partial charge in [0.25, 0.3) is 0 Å². The van der Waals surface area contributed by atoms with Crippen molar-refractivity contribution in [3.05, 3.63) is 65.7 Å². The largest absolute Gasteiger partial charge is 0.497 e. The van der Waals surface area contributed by atoms with E-state index in [1.807, 2.05) is 42.5 Å². The fourth-order valence-electron chi connectivity index (χ4n) is 2.19. The third-order valence-electron chi connectivity index (χ3n) is 3.41. The topological polar surface area (TPSA) is 38.7 Å². The first kappa shape index (κ1) is 15.5. The predicted octanol–water partition coefficient (Wildman–Crippen LogP) is 3.06. The highest BCUT2D eigenvalue weighted by molar-refractivity contribution is 5.26. The van der Waals surface area contributed by atoms with Crippen molar-refractivity contribution in [1.82, 2.24) is 0 Å². The number of benzene rings is 2. The molecule has 2 aromatic carbocycles. The number of aliphatic hydroxyl groups is 1. The van der Waals surface area contributed by atoms with Crippen LogP contribution in [-0.2, 0) is 17.8 Å². The molecular formula is C18H22O3. The minimum atomic E-state index is 0.130. The van der Waals surface area contributed by atoms with Crippen molar-refractivity contribution < 1.29 is 14.6 Å². The molecule has 0 bridgehead atoms. The van der Waals surface area contributed by atoms with E-state index < -0.39 is 0 Å². The summed E-state index contributed by atoms with van der Waals surface area (Å²) in [7, 11) is 1.65. The van der Waals surface area contributed by atoms with E-state index in [2.05, 4.69) is 12.1 Å². The SMILES string of the molecule is COc1ccc(COCC(CO)Cc2ccccc2)cc1. The lowest BCUT2D eigenvalue weighted by Gasteiger charge is -2.14. The molecule has 0 aliphatic rings. The number of hydrogen-bond acceptors (Lipinski definition) is 3. The Kier molecular flexibility index (Phi) is 6.25. The van der Waals surface area contributed by atoms with E-state index in [1.165, 1.54) is 5.56 Å². The minimum Gasteiger partial charge on any atom is -0.497 e. The standard InChI is InChI=1S/C18H22O3/c1-20-18-9-7-16(8-10-18)13-21-14-17(12-19)11-15-5-3-2-4-6-15/h2-10,17,19H,11-14H2,1H3. The number of rotatable bonds is 8. The van der Waals surface area contributed by atoms with Crippen molar-refractivity contribution in [3.63, 3.8) is 0 Å². The highest BCUT2D eigenvalue weighted by Crippen LogP contribution is 2.13. The van der Waals surface area contributed by atoms with Crippen LogP contribution < -0.4 is 4.74 Å². The Morgan fingerprint density at radius 1 is 0.952 bits per heavy atom. The van der Waals surface area contributed by atoms with Crippen molar-refractivity contribution in [2.45, 2.75) is 13.0 Å². The van der Waals surface area contributed by atoms with Crippen molar-refractivity contribution in [2.75, 3.05) is 20.3 Å². The molecule has 1 atom stereocenters. The van der Waals surface area contributed by atoms with Crippen molar-refractivity contribution in [3.8, 4) is 5.75 Å². The Bertz CT molecular complexity index is 508. The second-order valence-electron chi connectivity index (χ2n) is 5.10. The summed E-state index contributed by atoms with van der Waals surface area (Å²) in [6, 6.07) is 18.0. The van der Waals surface area contributed by atoms with Gasteiger partial charge in [-0.1, -0.05) is 42.5 Å². The Morgan fingerprint density at radius 2 is 1.67 bits per heavy atom. The zero-order valence-electron chi connectivity index (χ0n) is 12.4. The molecule has 0 radical (unpaired) electrons. The molecule has 112 valence electrons. The first-order chi connectivity index (χ1) is 10.3. The molecule has 0 saturated carbocycles. The van der Waals surface area contributed by atoms with Gasteiger partial charge in [0.1, 0.15) is 5.75 Å². The van der Waals surface area contributed by atoms with Gasteiger partial charge in [0.2, 0.25) is 0 Å². The average Bonchev–Trinajstić information content (AvgIpc) is 2.55. The zero-order valence-corrected chi connectivity index (χ0v) is 12.4. The Labute approximate surface area is 126 Å². The second kappa shape index (κ2) is 8.45. The van der Waals surface area contributed by atoms with Gasteiger partial charge in [0.05, 0.1) is 20.3 Å². The maximum atomic E-state index is 9.46. The van der Waals surface area contributed by atoms with Gasteiger partial charge >= 0.3 is 0 Å². The van der Waals surface area contributed by atoms with Gasteiger partial charge in [-0.25, -0.2) is 0 Å². The van der Waals surface area contributed by atoms with Crippen LogP contribution in [0.5, 0.6) is 5.75 Å². The molecule has 2 rings (SSSR count). The number of hydrogen-bond donors (Lipinski definition) is 1. The number of methoxy groups -OCH3 is 1. The van der Waals surface area contributed by atoms with E-state index in [-0.39, 0.29) is 12.5 Å². The van der Waals surface area contributed by atoms with Crippen LogP contribution in [0.1, 0.15) is 11.1 Å². The van der Waals surface area contributed by atoms with E-state index in [0.717, 1.165) is 17.7 Å². The van der Waals surface area contributed by atoms with Gasteiger partial charge in [-0.05, 0) is 29.7 Å². The monoisotopic (exact) mass is 286 g/mol. The molecule has 3 heteroatoms. The lowest BCUT2D eigenvalue weighted by molar-refractivity contribution is 0.0629. The normalized spacial score (nSPS) is 12.1. The molecule has 0 aliphatic heterocycles. The molecular weight excluding hydrogens is 264 g/mol. The van der Waals surface area contributed by atoms with Crippen molar-refractivity contribution in [2.24, 2.45) is 5.92 Å². The average molecular weight is 286 g/mol. The highest BCUT2D eigenvalue weighted by Gasteiger charge is 2.09. The third kappa shape index (κ3) is 5.21. The molecule has 0 aliphatic carbocycles. The summed E-state index contributed by atoms with van der Waals surface area (Å²) >= 11 is 0. The Hall–Kier alpha value is -1.84. The predicted molar refractivity (Wildman–Crippen MR) is 83.4 cm³/mol. The maximum Gasteiger partial charge on any atom is 0.118 e. The van der Waals surface area contributed by atoms with E-state index in [1.54, 1.807) is 7.11 Å². The molecule has 0 heterocycles. The lowest BCUT2D eigenvalue weighted by Crippen LogP contribution is -2.16. The lowest BCUT2D eigenvalue weighted by atomic mass is 10.0. The Balaban J connectivity index is 1.77. The summed E-state index contributed by atoms with van der Waals surface area (Å²) in [4.78, 5) is 0. The van der Waals surface area contributed by atoms with E-state index >= 15 is 0 Å². The van der Waals surface area contributed by atoms with Crippen LogP contribution >= 0.6 is 0 Å². The van der Waals surface area contributed by atoms with Crippen molar-refractivity contribution >= 4 is 0 Å². The second-order valence-corrected chi connectivity index (χ2v) is 5.10. The third-order valence-corrected chi connectivity index (χ3v) is 3.41. The fourth-order valence-corrected chi connectivity index (χ4v) is 2.19. The van der Waals surface area contributed by atoms with Gasteiger partial charge in [-0.15, -0.1) is 0 Å². The summed E-state index contributed by atoms with van der Waals surface area (Å²) in [6.07, 6.45) is 0.833. The van der Waals surface area contributed by atoms with Crippen LogP contribution in [0.3, 0.4) is 0 Å². The van der Waals surface area contributed by atoms with Crippen LogP contribution in [-0.4, -0.2) is 25.4 Å². The maximum absolute atomic E-state index is 9.46. The van der Waals surface area contributed by atoms with Gasteiger partial charge < -0.3 is 14.6 Å². The van der Waals surface area contributed by atoms with Crippen LogP contribution in [0.15, 0.2) is 54.6 Å². The first-order valence-electron chi connectivity index (χ1n) is 7.17. The first-order valence-corrected chi connectivity index (χ1v) is 7.17. The van der Waals surface area contributed by atoms with E-state index in [0.29, 0.717) is 13.2 Å². The number of ether oxygens (including phenoxy) is 2. The van der Waals surface area contributed by atoms with Crippen LogP contribution in [0, 0.1) is 5.92 Å².